The quantitative estimate of drug-likeness (QED) is 0.781. The number of hydrogen-bond donors (Lipinski definition) is 1. The molecule has 0 saturated carbocycles. The molecule has 122 valence electrons. The molecule has 2 atom stereocenters. The molecule has 0 aromatic heterocycles. The average Bonchev–Trinajstić information content (AvgIpc) is 2.56. The first-order valence-electron chi connectivity index (χ1n) is 8.06. The summed E-state index contributed by atoms with van der Waals surface area (Å²) in [5.74, 6) is 0. The van der Waals surface area contributed by atoms with Crippen molar-refractivity contribution in [1.29, 1.82) is 0 Å². The molecular formula is C17H26N2O2S. The van der Waals surface area contributed by atoms with Gasteiger partial charge in [0, 0.05) is 13.2 Å². The van der Waals surface area contributed by atoms with Crippen molar-refractivity contribution in [2.75, 3.05) is 19.8 Å². The molecule has 1 saturated heterocycles. The number of rotatable bonds is 7. The Morgan fingerprint density at radius 3 is 2.77 bits per heavy atom. The molecule has 2 rings (SSSR count). The van der Waals surface area contributed by atoms with Gasteiger partial charge in [0.05, 0.1) is 12.6 Å². The maximum Gasteiger partial charge on any atom is 0.166 e. The number of benzene rings is 1. The van der Waals surface area contributed by atoms with Crippen LogP contribution in [0, 0.1) is 0 Å². The molecule has 1 fully saturated rings. The molecule has 0 radical (unpaired) electrons. The summed E-state index contributed by atoms with van der Waals surface area (Å²) in [6.07, 6.45) is 4.13. The van der Waals surface area contributed by atoms with Gasteiger partial charge in [0.2, 0.25) is 0 Å². The average molecular weight is 322 g/mol. The minimum absolute atomic E-state index is 0.0316. The van der Waals surface area contributed by atoms with Crippen molar-refractivity contribution < 1.29 is 9.47 Å². The van der Waals surface area contributed by atoms with Gasteiger partial charge >= 0.3 is 0 Å². The smallest absolute Gasteiger partial charge is 0.166 e. The van der Waals surface area contributed by atoms with Gasteiger partial charge in [-0.15, -0.1) is 0 Å². The highest BCUT2D eigenvalue weighted by Gasteiger charge is 2.23. The van der Waals surface area contributed by atoms with Gasteiger partial charge in [-0.2, -0.15) is 0 Å². The molecule has 1 aromatic rings. The highest BCUT2D eigenvalue weighted by Crippen LogP contribution is 2.23. The van der Waals surface area contributed by atoms with Crippen LogP contribution in [-0.2, 0) is 9.47 Å². The van der Waals surface area contributed by atoms with Crippen molar-refractivity contribution in [3.63, 3.8) is 0 Å². The van der Waals surface area contributed by atoms with Crippen molar-refractivity contribution in [3.8, 4) is 0 Å². The van der Waals surface area contributed by atoms with E-state index in [1.54, 1.807) is 0 Å². The van der Waals surface area contributed by atoms with Crippen molar-refractivity contribution in [2.24, 2.45) is 5.73 Å². The predicted octanol–water partition coefficient (Wildman–Crippen LogP) is 3.23. The van der Waals surface area contributed by atoms with E-state index in [1.807, 2.05) is 23.1 Å². The second-order valence-corrected chi connectivity index (χ2v) is 6.01. The lowest BCUT2D eigenvalue weighted by atomic mass is 10.1. The normalized spacial score (nSPS) is 19.6. The predicted molar refractivity (Wildman–Crippen MR) is 92.5 cm³/mol. The Hall–Kier alpha value is -1.17. The molecule has 1 aromatic carbocycles. The molecule has 0 spiro atoms. The summed E-state index contributed by atoms with van der Waals surface area (Å²) in [7, 11) is 0. The van der Waals surface area contributed by atoms with E-state index in [9.17, 15) is 0 Å². The van der Waals surface area contributed by atoms with Gasteiger partial charge in [-0.25, -0.2) is 0 Å². The van der Waals surface area contributed by atoms with Crippen molar-refractivity contribution in [2.45, 2.75) is 44.9 Å². The van der Waals surface area contributed by atoms with Crippen LogP contribution in [0.15, 0.2) is 30.3 Å². The highest BCUT2D eigenvalue weighted by molar-refractivity contribution is 7.80. The van der Waals surface area contributed by atoms with E-state index in [4.69, 9.17) is 27.4 Å². The fourth-order valence-corrected chi connectivity index (χ4v) is 2.96. The van der Waals surface area contributed by atoms with Gasteiger partial charge in [-0.3, -0.25) is 0 Å². The molecule has 5 heteroatoms. The Morgan fingerprint density at radius 1 is 1.41 bits per heavy atom. The van der Waals surface area contributed by atoms with Crippen LogP contribution in [0.3, 0.4) is 0 Å². The maximum atomic E-state index is 6.00. The third-order valence-electron chi connectivity index (χ3n) is 3.89. The molecule has 1 aliphatic rings. The Balaban J connectivity index is 2.08. The minimum atomic E-state index is -0.102. The third kappa shape index (κ3) is 4.93. The van der Waals surface area contributed by atoms with Crippen molar-refractivity contribution >= 4 is 17.3 Å². The van der Waals surface area contributed by atoms with Gasteiger partial charge < -0.3 is 20.1 Å². The topological polar surface area (TPSA) is 47.7 Å². The SMILES string of the molecule is CCCN(C(N)=S)C(COC1CCCCO1)c1ccccc1. The standard InChI is InChI=1S/C17H26N2O2S/c1-2-11-19(17(18)22)15(14-8-4-3-5-9-14)13-21-16-10-6-7-12-20-16/h3-5,8-9,15-16H,2,6-7,10-13H2,1H3,(H2,18,22). The summed E-state index contributed by atoms with van der Waals surface area (Å²) in [5.41, 5.74) is 7.11. The molecular weight excluding hydrogens is 296 g/mol. The molecule has 2 unspecified atom stereocenters. The van der Waals surface area contributed by atoms with Gasteiger partial charge in [0.25, 0.3) is 0 Å². The van der Waals surface area contributed by atoms with E-state index in [0.29, 0.717) is 11.7 Å². The highest BCUT2D eigenvalue weighted by atomic mass is 32.1. The van der Waals surface area contributed by atoms with Gasteiger partial charge in [-0.1, -0.05) is 37.3 Å². The van der Waals surface area contributed by atoms with Gasteiger partial charge in [0.1, 0.15) is 0 Å². The van der Waals surface area contributed by atoms with Gasteiger partial charge in [-0.05, 0) is 43.5 Å². The second-order valence-electron chi connectivity index (χ2n) is 5.59. The molecule has 1 heterocycles. The van der Waals surface area contributed by atoms with Crippen molar-refractivity contribution in [3.05, 3.63) is 35.9 Å². The second kappa shape index (κ2) is 9.08. The summed E-state index contributed by atoms with van der Waals surface area (Å²) < 4.78 is 11.7. The summed E-state index contributed by atoms with van der Waals surface area (Å²) in [4.78, 5) is 2.05. The van der Waals surface area contributed by atoms with Crippen LogP contribution in [0.4, 0.5) is 0 Å². The van der Waals surface area contributed by atoms with Gasteiger partial charge in [0.15, 0.2) is 11.4 Å². The summed E-state index contributed by atoms with van der Waals surface area (Å²) in [6, 6.07) is 10.3. The lowest BCUT2D eigenvalue weighted by Crippen LogP contribution is -2.41. The molecule has 2 N–H and O–H groups in total. The number of thiocarbonyl (C=S) groups is 1. The van der Waals surface area contributed by atoms with E-state index in [-0.39, 0.29) is 12.3 Å². The Morgan fingerprint density at radius 2 is 2.18 bits per heavy atom. The number of ether oxygens (including phenoxy) is 2. The zero-order valence-electron chi connectivity index (χ0n) is 13.2. The summed E-state index contributed by atoms with van der Waals surface area (Å²) in [5, 5.41) is 0.420. The maximum absolute atomic E-state index is 6.00. The Kier molecular flexibility index (Phi) is 7.09. The van der Waals surface area contributed by atoms with Crippen molar-refractivity contribution in [1.82, 2.24) is 4.90 Å². The van der Waals surface area contributed by atoms with E-state index in [0.717, 1.165) is 38.8 Å². The molecule has 22 heavy (non-hydrogen) atoms. The molecule has 0 aliphatic carbocycles. The lowest BCUT2D eigenvalue weighted by molar-refractivity contribution is -0.169. The Labute approximate surface area is 138 Å². The molecule has 4 nitrogen and oxygen atoms in total. The first-order chi connectivity index (χ1) is 10.7. The lowest BCUT2D eigenvalue weighted by Gasteiger charge is -2.34. The largest absolute Gasteiger partial charge is 0.376 e. The fourth-order valence-electron chi connectivity index (χ4n) is 2.74. The molecule has 0 amide bonds. The molecule has 1 aliphatic heterocycles. The first-order valence-corrected chi connectivity index (χ1v) is 8.47. The van der Waals surface area contributed by atoms with E-state index in [2.05, 4.69) is 19.1 Å². The summed E-state index contributed by atoms with van der Waals surface area (Å²) in [6.45, 7) is 4.27. The van der Waals surface area contributed by atoms with E-state index < -0.39 is 0 Å². The van der Waals surface area contributed by atoms with Crippen LogP contribution in [-0.4, -0.2) is 36.1 Å². The van der Waals surface area contributed by atoms with Crippen LogP contribution in [0.1, 0.15) is 44.2 Å². The van der Waals surface area contributed by atoms with Crippen LogP contribution in [0.25, 0.3) is 0 Å². The summed E-state index contributed by atoms with van der Waals surface area (Å²) >= 11 is 5.25. The minimum Gasteiger partial charge on any atom is -0.376 e. The van der Waals surface area contributed by atoms with Crippen LogP contribution < -0.4 is 5.73 Å². The molecule has 0 bridgehead atoms. The van der Waals surface area contributed by atoms with E-state index in [1.165, 1.54) is 5.56 Å². The monoisotopic (exact) mass is 322 g/mol. The first kappa shape index (κ1) is 17.2. The van der Waals surface area contributed by atoms with Crippen LogP contribution in [0.5, 0.6) is 0 Å². The fraction of sp³-hybridized carbons (Fsp3) is 0.588. The number of nitrogens with zero attached hydrogens (tertiary/aromatic N) is 1. The van der Waals surface area contributed by atoms with E-state index >= 15 is 0 Å². The zero-order chi connectivity index (χ0) is 15.8. The Bertz CT molecular complexity index is 449. The number of nitrogens with two attached hydrogens (primary N) is 1. The number of hydrogen-bond acceptors (Lipinski definition) is 3. The zero-order valence-corrected chi connectivity index (χ0v) is 14.1. The van der Waals surface area contributed by atoms with Crippen LogP contribution in [0.2, 0.25) is 0 Å². The third-order valence-corrected chi connectivity index (χ3v) is 4.12. The van der Waals surface area contributed by atoms with Crippen LogP contribution >= 0.6 is 12.2 Å².